The van der Waals surface area contributed by atoms with Gasteiger partial charge in [-0.15, -0.1) is 0 Å². The Bertz CT molecular complexity index is 511. The van der Waals surface area contributed by atoms with E-state index >= 15 is 0 Å². The zero-order chi connectivity index (χ0) is 14.4. The van der Waals surface area contributed by atoms with E-state index in [9.17, 15) is 0 Å². The lowest BCUT2D eigenvalue weighted by Crippen LogP contribution is -2.22. The summed E-state index contributed by atoms with van der Waals surface area (Å²) >= 11 is 0. The zero-order valence-corrected chi connectivity index (χ0v) is 12.8. The number of imidazole rings is 1. The van der Waals surface area contributed by atoms with Crippen molar-refractivity contribution < 1.29 is 0 Å². The van der Waals surface area contributed by atoms with Crippen molar-refractivity contribution in [2.75, 3.05) is 13.1 Å². The Morgan fingerprint density at radius 1 is 1.15 bits per heavy atom. The van der Waals surface area contributed by atoms with Crippen molar-refractivity contribution in [3.8, 4) is 0 Å². The van der Waals surface area contributed by atoms with Crippen LogP contribution in [0.25, 0.3) is 0 Å². The Balaban J connectivity index is 1.82. The average molecular weight is 271 g/mol. The van der Waals surface area contributed by atoms with Crippen LogP contribution in [-0.2, 0) is 13.0 Å². The molecule has 0 aliphatic rings. The number of nitrogens with zero attached hydrogens (tertiary/aromatic N) is 2. The van der Waals surface area contributed by atoms with Gasteiger partial charge in [-0.05, 0) is 43.5 Å². The third kappa shape index (κ3) is 4.49. The molecule has 0 unspecified atom stereocenters. The van der Waals surface area contributed by atoms with E-state index in [1.54, 1.807) is 0 Å². The second kappa shape index (κ2) is 7.25. The Hall–Kier alpha value is -1.61. The highest BCUT2D eigenvalue weighted by Crippen LogP contribution is 2.08. The van der Waals surface area contributed by atoms with Gasteiger partial charge in [-0.3, -0.25) is 0 Å². The monoisotopic (exact) mass is 271 g/mol. The molecule has 0 bridgehead atoms. The molecule has 1 aromatic heterocycles. The number of rotatable bonds is 7. The molecular weight excluding hydrogens is 246 g/mol. The molecule has 0 amide bonds. The Labute approximate surface area is 122 Å². The van der Waals surface area contributed by atoms with Gasteiger partial charge in [0.2, 0.25) is 0 Å². The molecule has 0 saturated carbocycles. The van der Waals surface area contributed by atoms with E-state index in [0.717, 1.165) is 37.8 Å². The summed E-state index contributed by atoms with van der Waals surface area (Å²) in [7, 11) is 0. The average Bonchev–Trinajstić information content (AvgIpc) is 2.82. The SMILES string of the molecule is Cc1nccn1Cc1ccc(CCNCC(C)C)cc1. The summed E-state index contributed by atoms with van der Waals surface area (Å²) < 4.78 is 2.17. The number of aryl methyl sites for hydroxylation is 1. The van der Waals surface area contributed by atoms with Gasteiger partial charge in [0.25, 0.3) is 0 Å². The molecule has 1 N–H and O–H groups in total. The van der Waals surface area contributed by atoms with Crippen LogP contribution in [0.5, 0.6) is 0 Å². The van der Waals surface area contributed by atoms with E-state index in [1.165, 1.54) is 11.1 Å². The fraction of sp³-hybridized carbons (Fsp3) is 0.471. The second-order valence-electron chi connectivity index (χ2n) is 5.77. The third-order valence-electron chi connectivity index (χ3n) is 3.44. The standard InChI is InChI=1S/C17H25N3/c1-14(2)12-18-9-8-16-4-6-17(7-5-16)13-20-11-10-19-15(20)3/h4-7,10-11,14,18H,8-9,12-13H2,1-3H3. The van der Waals surface area contributed by atoms with Crippen molar-refractivity contribution in [2.45, 2.75) is 33.7 Å². The summed E-state index contributed by atoms with van der Waals surface area (Å²) in [5.41, 5.74) is 2.72. The van der Waals surface area contributed by atoms with Crippen LogP contribution in [0.4, 0.5) is 0 Å². The first kappa shape index (κ1) is 14.8. The Morgan fingerprint density at radius 3 is 2.45 bits per heavy atom. The van der Waals surface area contributed by atoms with E-state index < -0.39 is 0 Å². The Kier molecular flexibility index (Phi) is 5.36. The minimum absolute atomic E-state index is 0.718. The minimum Gasteiger partial charge on any atom is -0.331 e. The van der Waals surface area contributed by atoms with Crippen molar-refractivity contribution in [1.29, 1.82) is 0 Å². The molecule has 2 aromatic rings. The topological polar surface area (TPSA) is 29.9 Å². The smallest absolute Gasteiger partial charge is 0.105 e. The van der Waals surface area contributed by atoms with Gasteiger partial charge in [-0.25, -0.2) is 4.98 Å². The van der Waals surface area contributed by atoms with Crippen LogP contribution in [0.2, 0.25) is 0 Å². The summed E-state index contributed by atoms with van der Waals surface area (Å²) in [6, 6.07) is 8.91. The fourth-order valence-corrected chi connectivity index (χ4v) is 2.20. The van der Waals surface area contributed by atoms with Crippen molar-refractivity contribution in [2.24, 2.45) is 5.92 Å². The molecule has 20 heavy (non-hydrogen) atoms. The molecule has 3 nitrogen and oxygen atoms in total. The Morgan fingerprint density at radius 2 is 1.85 bits per heavy atom. The summed E-state index contributed by atoms with van der Waals surface area (Å²) in [6.07, 6.45) is 4.97. The van der Waals surface area contributed by atoms with Crippen LogP contribution in [0.3, 0.4) is 0 Å². The first-order valence-electron chi connectivity index (χ1n) is 7.41. The summed E-state index contributed by atoms with van der Waals surface area (Å²) in [5.74, 6) is 1.78. The number of aromatic nitrogens is 2. The van der Waals surface area contributed by atoms with Gasteiger partial charge in [0.1, 0.15) is 5.82 Å². The minimum atomic E-state index is 0.718. The molecule has 0 spiro atoms. The van der Waals surface area contributed by atoms with E-state index in [1.807, 2.05) is 19.3 Å². The highest BCUT2D eigenvalue weighted by atomic mass is 15.0. The van der Waals surface area contributed by atoms with E-state index in [-0.39, 0.29) is 0 Å². The maximum atomic E-state index is 4.25. The molecule has 1 aromatic carbocycles. The van der Waals surface area contributed by atoms with Gasteiger partial charge < -0.3 is 9.88 Å². The molecule has 2 rings (SSSR count). The van der Waals surface area contributed by atoms with Crippen molar-refractivity contribution >= 4 is 0 Å². The largest absolute Gasteiger partial charge is 0.331 e. The van der Waals surface area contributed by atoms with Crippen LogP contribution in [0, 0.1) is 12.8 Å². The third-order valence-corrected chi connectivity index (χ3v) is 3.44. The first-order chi connectivity index (χ1) is 9.65. The second-order valence-corrected chi connectivity index (χ2v) is 5.77. The van der Waals surface area contributed by atoms with Gasteiger partial charge in [0, 0.05) is 18.9 Å². The first-order valence-corrected chi connectivity index (χ1v) is 7.41. The van der Waals surface area contributed by atoms with E-state index in [2.05, 4.69) is 53.0 Å². The summed E-state index contributed by atoms with van der Waals surface area (Å²) in [5, 5.41) is 3.48. The summed E-state index contributed by atoms with van der Waals surface area (Å²) in [4.78, 5) is 4.25. The molecule has 3 heteroatoms. The molecule has 0 aliphatic heterocycles. The van der Waals surface area contributed by atoms with Gasteiger partial charge in [-0.1, -0.05) is 38.1 Å². The quantitative estimate of drug-likeness (QED) is 0.785. The molecule has 0 fully saturated rings. The lowest BCUT2D eigenvalue weighted by atomic mass is 10.1. The highest BCUT2D eigenvalue weighted by Gasteiger charge is 2.00. The van der Waals surface area contributed by atoms with Gasteiger partial charge in [-0.2, -0.15) is 0 Å². The van der Waals surface area contributed by atoms with Crippen LogP contribution >= 0.6 is 0 Å². The van der Waals surface area contributed by atoms with Crippen LogP contribution < -0.4 is 5.32 Å². The molecule has 108 valence electrons. The molecule has 0 atom stereocenters. The van der Waals surface area contributed by atoms with Crippen molar-refractivity contribution in [3.05, 3.63) is 53.6 Å². The predicted molar refractivity (Wildman–Crippen MR) is 83.9 cm³/mol. The van der Waals surface area contributed by atoms with Crippen LogP contribution in [-0.4, -0.2) is 22.6 Å². The highest BCUT2D eigenvalue weighted by molar-refractivity contribution is 5.23. The molecule has 0 saturated heterocycles. The van der Waals surface area contributed by atoms with Crippen LogP contribution in [0.1, 0.15) is 30.8 Å². The summed E-state index contributed by atoms with van der Waals surface area (Å²) in [6.45, 7) is 9.56. The van der Waals surface area contributed by atoms with Crippen molar-refractivity contribution in [3.63, 3.8) is 0 Å². The fourth-order valence-electron chi connectivity index (χ4n) is 2.20. The van der Waals surface area contributed by atoms with Gasteiger partial charge in [0.05, 0.1) is 0 Å². The maximum absolute atomic E-state index is 4.25. The molecule has 1 heterocycles. The predicted octanol–water partition coefficient (Wildman–Crippen LogP) is 3.03. The number of hydrogen-bond acceptors (Lipinski definition) is 2. The van der Waals surface area contributed by atoms with Gasteiger partial charge in [0.15, 0.2) is 0 Å². The maximum Gasteiger partial charge on any atom is 0.105 e. The van der Waals surface area contributed by atoms with Gasteiger partial charge >= 0.3 is 0 Å². The molecular formula is C17H25N3. The van der Waals surface area contributed by atoms with E-state index in [4.69, 9.17) is 0 Å². The lowest BCUT2D eigenvalue weighted by Gasteiger charge is -2.09. The van der Waals surface area contributed by atoms with Crippen LogP contribution in [0.15, 0.2) is 36.7 Å². The van der Waals surface area contributed by atoms with Crippen molar-refractivity contribution in [1.82, 2.24) is 14.9 Å². The normalized spacial score (nSPS) is 11.2. The number of benzene rings is 1. The van der Waals surface area contributed by atoms with E-state index in [0.29, 0.717) is 0 Å². The molecule has 0 radical (unpaired) electrons. The zero-order valence-electron chi connectivity index (χ0n) is 12.8. The number of nitrogens with one attached hydrogen (secondary N) is 1. The lowest BCUT2D eigenvalue weighted by molar-refractivity contribution is 0.554. The number of hydrogen-bond donors (Lipinski definition) is 1. The molecule has 0 aliphatic carbocycles.